The summed E-state index contributed by atoms with van der Waals surface area (Å²) in [6, 6.07) is 0.887. The SMILES string of the molecule is CCN(CC1(CC)CCNC1)C1CCCCC1. The van der Waals surface area contributed by atoms with Crippen molar-refractivity contribution in [2.45, 2.75) is 64.8 Å². The van der Waals surface area contributed by atoms with Gasteiger partial charge in [-0.05, 0) is 44.2 Å². The maximum Gasteiger partial charge on any atom is 0.00953 e. The summed E-state index contributed by atoms with van der Waals surface area (Å²) >= 11 is 0. The maximum absolute atomic E-state index is 3.57. The highest BCUT2D eigenvalue weighted by Crippen LogP contribution is 2.33. The Morgan fingerprint density at radius 3 is 2.47 bits per heavy atom. The molecule has 1 aliphatic carbocycles. The third kappa shape index (κ3) is 3.23. The molecule has 1 saturated heterocycles. The highest BCUT2D eigenvalue weighted by molar-refractivity contribution is 4.91. The number of nitrogens with one attached hydrogen (secondary N) is 1. The van der Waals surface area contributed by atoms with Gasteiger partial charge in [0.2, 0.25) is 0 Å². The van der Waals surface area contributed by atoms with Gasteiger partial charge in [0.05, 0.1) is 0 Å². The third-order valence-corrected chi connectivity index (χ3v) is 5.12. The third-order valence-electron chi connectivity index (χ3n) is 5.12. The number of rotatable bonds is 5. The van der Waals surface area contributed by atoms with Crippen molar-refractivity contribution in [1.29, 1.82) is 0 Å². The molecule has 0 radical (unpaired) electrons. The van der Waals surface area contributed by atoms with Crippen molar-refractivity contribution in [3.63, 3.8) is 0 Å². The van der Waals surface area contributed by atoms with Crippen molar-refractivity contribution in [2.75, 3.05) is 26.2 Å². The topological polar surface area (TPSA) is 15.3 Å². The van der Waals surface area contributed by atoms with Crippen LogP contribution in [0.3, 0.4) is 0 Å². The maximum atomic E-state index is 3.57. The Morgan fingerprint density at radius 1 is 1.18 bits per heavy atom. The van der Waals surface area contributed by atoms with Crippen LogP contribution in [0.1, 0.15) is 58.8 Å². The van der Waals surface area contributed by atoms with Gasteiger partial charge in [0, 0.05) is 19.1 Å². The molecule has 2 nitrogen and oxygen atoms in total. The number of hydrogen-bond acceptors (Lipinski definition) is 2. The second-order valence-electron chi connectivity index (χ2n) is 6.14. The molecule has 1 unspecified atom stereocenters. The van der Waals surface area contributed by atoms with Gasteiger partial charge < -0.3 is 10.2 Å². The number of hydrogen-bond donors (Lipinski definition) is 1. The Labute approximate surface area is 107 Å². The van der Waals surface area contributed by atoms with Gasteiger partial charge in [0.25, 0.3) is 0 Å². The van der Waals surface area contributed by atoms with Gasteiger partial charge in [-0.3, -0.25) is 0 Å². The van der Waals surface area contributed by atoms with Crippen LogP contribution in [0.25, 0.3) is 0 Å². The molecule has 0 aromatic rings. The van der Waals surface area contributed by atoms with Crippen LogP contribution < -0.4 is 5.32 Å². The van der Waals surface area contributed by atoms with E-state index in [0.717, 1.165) is 6.04 Å². The molecular weight excluding hydrogens is 208 g/mol. The lowest BCUT2D eigenvalue weighted by atomic mass is 9.82. The lowest BCUT2D eigenvalue weighted by Gasteiger charge is -2.40. The van der Waals surface area contributed by atoms with Crippen LogP contribution in [-0.2, 0) is 0 Å². The second kappa shape index (κ2) is 6.19. The van der Waals surface area contributed by atoms with Gasteiger partial charge in [-0.25, -0.2) is 0 Å². The van der Waals surface area contributed by atoms with Crippen molar-refractivity contribution >= 4 is 0 Å². The zero-order chi connectivity index (χ0) is 12.1. The molecule has 100 valence electrons. The van der Waals surface area contributed by atoms with Crippen molar-refractivity contribution in [1.82, 2.24) is 10.2 Å². The molecule has 0 spiro atoms. The standard InChI is InChI=1S/C15H30N2/c1-3-15(10-11-16-12-15)13-17(4-2)14-8-6-5-7-9-14/h14,16H,3-13H2,1-2H3. The van der Waals surface area contributed by atoms with E-state index < -0.39 is 0 Å². The van der Waals surface area contributed by atoms with Gasteiger partial charge in [0.15, 0.2) is 0 Å². The molecule has 0 amide bonds. The molecule has 17 heavy (non-hydrogen) atoms. The van der Waals surface area contributed by atoms with E-state index >= 15 is 0 Å². The second-order valence-corrected chi connectivity index (χ2v) is 6.14. The predicted octanol–water partition coefficient (Wildman–Crippen LogP) is 3.03. The molecular formula is C15H30N2. The Hall–Kier alpha value is -0.0800. The molecule has 2 heteroatoms. The summed E-state index contributed by atoms with van der Waals surface area (Å²) < 4.78 is 0. The molecule has 0 aromatic carbocycles. The Morgan fingerprint density at radius 2 is 1.94 bits per heavy atom. The Bertz CT molecular complexity index is 215. The molecule has 0 aromatic heterocycles. The van der Waals surface area contributed by atoms with Crippen LogP contribution >= 0.6 is 0 Å². The van der Waals surface area contributed by atoms with Crippen LogP contribution in [-0.4, -0.2) is 37.1 Å². The molecule has 2 aliphatic rings. The number of nitrogens with zero attached hydrogens (tertiary/aromatic N) is 1. The first-order valence-corrected chi connectivity index (χ1v) is 7.74. The molecule has 2 fully saturated rings. The summed E-state index contributed by atoms with van der Waals surface area (Å²) in [4.78, 5) is 2.79. The first-order valence-electron chi connectivity index (χ1n) is 7.74. The zero-order valence-electron chi connectivity index (χ0n) is 11.8. The largest absolute Gasteiger partial charge is 0.316 e. The zero-order valence-corrected chi connectivity index (χ0v) is 11.8. The monoisotopic (exact) mass is 238 g/mol. The molecule has 1 heterocycles. The van der Waals surface area contributed by atoms with E-state index in [1.165, 1.54) is 71.1 Å². The summed E-state index contributed by atoms with van der Waals surface area (Å²) in [6.45, 7) is 9.77. The van der Waals surface area contributed by atoms with E-state index in [1.807, 2.05) is 0 Å². The van der Waals surface area contributed by atoms with Crippen LogP contribution in [0.5, 0.6) is 0 Å². The van der Waals surface area contributed by atoms with Crippen LogP contribution in [0, 0.1) is 5.41 Å². The fraction of sp³-hybridized carbons (Fsp3) is 1.00. The highest BCUT2D eigenvalue weighted by atomic mass is 15.2. The van der Waals surface area contributed by atoms with Crippen molar-refractivity contribution in [2.24, 2.45) is 5.41 Å². The van der Waals surface area contributed by atoms with Gasteiger partial charge >= 0.3 is 0 Å². The minimum absolute atomic E-state index is 0.577. The summed E-state index contributed by atoms with van der Waals surface area (Å²) in [7, 11) is 0. The quantitative estimate of drug-likeness (QED) is 0.792. The Balaban J connectivity index is 1.93. The fourth-order valence-corrected chi connectivity index (χ4v) is 3.72. The van der Waals surface area contributed by atoms with Crippen molar-refractivity contribution in [3.8, 4) is 0 Å². The van der Waals surface area contributed by atoms with E-state index in [4.69, 9.17) is 0 Å². The molecule has 1 aliphatic heterocycles. The van der Waals surface area contributed by atoms with E-state index in [1.54, 1.807) is 0 Å². The predicted molar refractivity (Wildman–Crippen MR) is 74.3 cm³/mol. The van der Waals surface area contributed by atoms with Gasteiger partial charge in [-0.15, -0.1) is 0 Å². The van der Waals surface area contributed by atoms with Crippen molar-refractivity contribution < 1.29 is 0 Å². The Kier molecular flexibility index (Phi) is 4.87. The molecule has 1 N–H and O–H groups in total. The lowest BCUT2D eigenvalue weighted by Crippen LogP contribution is -2.45. The summed E-state index contributed by atoms with van der Waals surface area (Å²) in [5, 5.41) is 3.57. The van der Waals surface area contributed by atoms with E-state index in [-0.39, 0.29) is 0 Å². The van der Waals surface area contributed by atoms with Crippen LogP contribution in [0.2, 0.25) is 0 Å². The first kappa shape index (κ1) is 13.4. The normalized spacial score (nSPS) is 31.2. The van der Waals surface area contributed by atoms with Crippen LogP contribution in [0.15, 0.2) is 0 Å². The highest BCUT2D eigenvalue weighted by Gasteiger charge is 2.35. The minimum Gasteiger partial charge on any atom is -0.316 e. The molecule has 2 rings (SSSR count). The average molecular weight is 238 g/mol. The van der Waals surface area contributed by atoms with Crippen LogP contribution in [0.4, 0.5) is 0 Å². The fourth-order valence-electron chi connectivity index (χ4n) is 3.72. The van der Waals surface area contributed by atoms with E-state index in [2.05, 4.69) is 24.1 Å². The molecule has 1 saturated carbocycles. The van der Waals surface area contributed by atoms with Gasteiger partial charge in [0.1, 0.15) is 0 Å². The lowest BCUT2D eigenvalue weighted by molar-refractivity contribution is 0.0985. The van der Waals surface area contributed by atoms with Gasteiger partial charge in [-0.2, -0.15) is 0 Å². The summed E-state index contributed by atoms with van der Waals surface area (Å²) in [5.41, 5.74) is 0.577. The summed E-state index contributed by atoms with van der Waals surface area (Å²) in [5.74, 6) is 0. The van der Waals surface area contributed by atoms with Crippen molar-refractivity contribution in [3.05, 3.63) is 0 Å². The first-order chi connectivity index (χ1) is 8.29. The van der Waals surface area contributed by atoms with E-state index in [0.29, 0.717) is 5.41 Å². The average Bonchev–Trinajstić information content (AvgIpc) is 2.86. The smallest absolute Gasteiger partial charge is 0.00953 e. The van der Waals surface area contributed by atoms with E-state index in [9.17, 15) is 0 Å². The molecule has 0 bridgehead atoms. The minimum atomic E-state index is 0.577. The summed E-state index contributed by atoms with van der Waals surface area (Å²) in [6.07, 6.45) is 9.99. The van der Waals surface area contributed by atoms with Gasteiger partial charge in [-0.1, -0.05) is 33.1 Å². The molecule has 1 atom stereocenters.